The van der Waals surface area contributed by atoms with Gasteiger partial charge >= 0.3 is 5.97 Å². The number of thiazole rings is 1. The molecule has 1 aliphatic heterocycles. The fourth-order valence-electron chi connectivity index (χ4n) is 3.96. The summed E-state index contributed by atoms with van der Waals surface area (Å²) in [5, 5.41) is 1.08. The van der Waals surface area contributed by atoms with Gasteiger partial charge in [-0.1, -0.05) is 46.7 Å². The lowest BCUT2D eigenvalue weighted by atomic mass is 9.96. The van der Waals surface area contributed by atoms with E-state index in [1.54, 1.807) is 69.3 Å². The average molecular weight is 545 g/mol. The summed E-state index contributed by atoms with van der Waals surface area (Å²) >= 11 is 13.6. The average Bonchev–Trinajstić information content (AvgIpc) is 3.09. The Labute approximate surface area is 223 Å². The summed E-state index contributed by atoms with van der Waals surface area (Å²) in [5.41, 5.74) is 1.94. The maximum atomic E-state index is 13.8. The van der Waals surface area contributed by atoms with E-state index in [1.807, 2.05) is 13.8 Å². The quantitative estimate of drug-likeness (QED) is 0.396. The maximum absolute atomic E-state index is 13.8. The topological polar surface area (TPSA) is 69.9 Å². The molecule has 0 spiro atoms. The summed E-state index contributed by atoms with van der Waals surface area (Å²) in [5.74, 6) is 0.106. The van der Waals surface area contributed by atoms with E-state index in [0.29, 0.717) is 42.0 Å². The fourth-order valence-corrected chi connectivity index (χ4v) is 5.30. The van der Waals surface area contributed by atoms with E-state index < -0.39 is 12.0 Å². The zero-order chi connectivity index (χ0) is 26.1. The Morgan fingerprint density at radius 2 is 1.72 bits per heavy atom. The van der Waals surface area contributed by atoms with Crippen molar-refractivity contribution < 1.29 is 14.3 Å². The van der Waals surface area contributed by atoms with Gasteiger partial charge in [0.05, 0.1) is 34.1 Å². The minimum Gasteiger partial charge on any atom is -0.490 e. The van der Waals surface area contributed by atoms with Crippen LogP contribution in [0.3, 0.4) is 0 Å². The summed E-state index contributed by atoms with van der Waals surface area (Å²) < 4.78 is 13.4. The molecule has 1 atom stereocenters. The van der Waals surface area contributed by atoms with Gasteiger partial charge in [0.15, 0.2) is 4.80 Å². The first-order valence-electron chi connectivity index (χ1n) is 11.5. The van der Waals surface area contributed by atoms with Crippen molar-refractivity contribution >= 4 is 46.6 Å². The molecule has 0 saturated carbocycles. The van der Waals surface area contributed by atoms with Gasteiger partial charge in [0.1, 0.15) is 5.75 Å². The van der Waals surface area contributed by atoms with Gasteiger partial charge in [-0.2, -0.15) is 0 Å². The van der Waals surface area contributed by atoms with Crippen LogP contribution in [0.2, 0.25) is 10.0 Å². The molecule has 0 unspecified atom stereocenters. The van der Waals surface area contributed by atoms with Crippen molar-refractivity contribution in [3.63, 3.8) is 0 Å². The van der Waals surface area contributed by atoms with Crippen LogP contribution in [0.15, 0.2) is 63.5 Å². The van der Waals surface area contributed by atoms with Crippen molar-refractivity contribution in [1.82, 2.24) is 4.57 Å². The largest absolute Gasteiger partial charge is 0.490 e. The zero-order valence-electron chi connectivity index (χ0n) is 20.5. The minimum atomic E-state index is -0.710. The molecule has 0 fully saturated rings. The Hall–Kier alpha value is -2.87. The van der Waals surface area contributed by atoms with Crippen LogP contribution in [0.25, 0.3) is 6.08 Å². The normalized spacial score (nSPS) is 15.8. The van der Waals surface area contributed by atoms with Gasteiger partial charge in [0.2, 0.25) is 0 Å². The van der Waals surface area contributed by atoms with E-state index in [2.05, 4.69) is 4.99 Å². The SMILES string of the molecule is CC1=C(C(=O)OC(C)C)[C@@H](c2ccc(Cl)cc2)n2c(s/c(=C/c3cc(Cl)ccc3OC(C)C)c2=O)=N1. The van der Waals surface area contributed by atoms with Crippen LogP contribution in [-0.4, -0.2) is 22.7 Å². The predicted molar refractivity (Wildman–Crippen MR) is 144 cm³/mol. The Balaban J connectivity index is 1.94. The third-order valence-electron chi connectivity index (χ3n) is 5.39. The summed E-state index contributed by atoms with van der Waals surface area (Å²) in [7, 11) is 0. The lowest BCUT2D eigenvalue weighted by Crippen LogP contribution is -2.40. The van der Waals surface area contributed by atoms with Crippen LogP contribution in [-0.2, 0) is 9.53 Å². The van der Waals surface area contributed by atoms with Gasteiger partial charge < -0.3 is 9.47 Å². The highest BCUT2D eigenvalue weighted by atomic mass is 35.5. The van der Waals surface area contributed by atoms with Gasteiger partial charge in [-0.25, -0.2) is 9.79 Å². The van der Waals surface area contributed by atoms with Gasteiger partial charge in [0, 0.05) is 15.6 Å². The van der Waals surface area contributed by atoms with Crippen molar-refractivity contribution in [2.75, 3.05) is 0 Å². The summed E-state index contributed by atoms with van der Waals surface area (Å²) in [6.07, 6.45) is 1.37. The van der Waals surface area contributed by atoms with Gasteiger partial charge in [-0.05, 0) is 76.6 Å². The van der Waals surface area contributed by atoms with Crippen LogP contribution < -0.4 is 19.6 Å². The second-order valence-corrected chi connectivity index (χ2v) is 10.8. The van der Waals surface area contributed by atoms with E-state index in [0.717, 1.165) is 5.56 Å². The Morgan fingerprint density at radius 1 is 1.06 bits per heavy atom. The smallest absolute Gasteiger partial charge is 0.338 e. The number of aromatic nitrogens is 1. The first-order valence-corrected chi connectivity index (χ1v) is 13.1. The van der Waals surface area contributed by atoms with Crippen LogP contribution in [0, 0.1) is 0 Å². The van der Waals surface area contributed by atoms with Crippen LogP contribution >= 0.6 is 34.5 Å². The molecule has 0 N–H and O–H groups in total. The number of halogens is 2. The molecule has 188 valence electrons. The molecule has 0 aliphatic carbocycles. The number of carbonyl (C=O) groups excluding carboxylic acids is 1. The van der Waals surface area contributed by atoms with Crippen LogP contribution in [0.4, 0.5) is 0 Å². The molecule has 0 saturated heterocycles. The first kappa shape index (κ1) is 26.2. The monoisotopic (exact) mass is 544 g/mol. The van der Waals surface area contributed by atoms with Crippen LogP contribution in [0.1, 0.15) is 51.8 Å². The number of carbonyl (C=O) groups is 1. The van der Waals surface area contributed by atoms with E-state index in [4.69, 9.17) is 32.7 Å². The number of hydrogen-bond acceptors (Lipinski definition) is 6. The number of fused-ring (bicyclic) bond motifs is 1. The fraction of sp³-hybridized carbons (Fsp3) is 0.296. The molecule has 9 heteroatoms. The molecule has 0 radical (unpaired) electrons. The Kier molecular flexibility index (Phi) is 7.73. The van der Waals surface area contributed by atoms with Gasteiger partial charge in [0.25, 0.3) is 5.56 Å². The number of rotatable bonds is 6. The summed E-state index contributed by atoms with van der Waals surface area (Å²) in [4.78, 5) is 32.0. The number of ether oxygens (including phenoxy) is 2. The summed E-state index contributed by atoms with van der Waals surface area (Å²) in [6, 6.07) is 11.6. The second kappa shape index (κ2) is 10.6. The van der Waals surface area contributed by atoms with E-state index in [1.165, 1.54) is 15.9 Å². The second-order valence-electron chi connectivity index (χ2n) is 8.94. The van der Waals surface area contributed by atoms with Crippen molar-refractivity contribution in [1.29, 1.82) is 0 Å². The molecule has 3 aromatic rings. The van der Waals surface area contributed by atoms with Crippen LogP contribution in [0.5, 0.6) is 5.75 Å². The highest BCUT2D eigenvalue weighted by Gasteiger charge is 2.33. The molecule has 6 nitrogen and oxygen atoms in total. The number of allylic oxidation sites excluding steroid dienone is 1. The van der Waals surface area contributed by atoms with Gasteiger partial charge in [-0.3, -0.25) is 9.36 Å². The van der Waals surface area contributed by atoms with Crippen molar-refractivity contribution in [2.24, 2.45) is 4.99 Å². The highest BCUT2D eigenvalue weighted by Crippen LogP contribution is 2.32. The lowest BCUT2D eigenvalue weighted by Gasteiger charge is -2.25. The molecule has 2 heterocycles. The third-order valence-corrected chi connectivity index (χ3v) is 6.86. The van der Waals surface area contributed by atoms with Crippen molar-refractivity contribution in [3.05, 3.63) is 94.6 Å². The standard InChI is InChI=1S/C27H26Cl2N2O4S/c1-14(2)34-21-11-10-20(29)12-18(21)13-22-25(32)31-24(17-6-8-19(28)9-7-17)23(26(33)35-15(3)4)16(5)30-27(31)36-22/h6-15,24H,1-5H3/b22-13+/t24-/m1/s1. The number of nitrogens with zero attached hydrogens (tertiary/aromatic N) is 2. The Morgan fingerprint density at radius 3 is 2.36 bits per heavy atom. The number of hydrogen-bond donors (Lipinski definition) is 0. The first-order chi connectivity index (χ1) is 17.0. The van der Waals surface area contributed by atoms with Gasteiger partial charge in [-0.15, -0.1) is 0 Å². The zero-order valence-corrected chi connectivity index (χ0v) is 22.9. The van der Waals surface area contributed by atoms with E-state index >= 15 is 0 Å². The summed E-state index contributed by atoms with van der Waals surface area (Å²) in [6.45, 7) is 9.17. The van der Waals surface area contributed by atoms with Crippen molar-refractivity contribution in [3.8, 4) is 5.75 Å². The minimum absolute atomic E-state index is 0.0540. The molecule has 2 aromatic carbocycles. The highest BCUT2D eigenvalue weighted by molar-refractivity contribution is 7.07. The Bertz CT molecular complexity index is 1520. The van der Waals surface area contributed by atoms with E-state index in [9.17, 15) is 9.59 Å². The molecular formula is C27H26Cl2N2O4S. The molecule has 4 rings (SSSR count). The molecule has 0 amide bonds. The predicted octanol–water partition coefficient (Wildman–Crippen LogP) is 5.28. The maximum Gasteiger partial charge on any atom is 0.338 e. The molecule has 36 heavy (non-hydrogen) atoms. The van der Waals surface area contributed by atoms with E-state index in [-0.39, 0.29) is 17.8 Å². The molecular weight excluding hydrogens is 519 g/mol. The number of benzene rings is 2. The van der Waals surface area contributed by atoms with Crippen molar-refractivity contribution in [2.45, 2.75) is 52.9 Å². The molecule has 0 bridgehead atoms. The third kappa shape index (κ3) is 5.43. The lowest BCUT2D eigenvalue weighted by molar-refractivity contribution is -0.143. The molecule has 1 aromatic heterocycles. The number of esters is 1. The molecule has 1 aliphatic rings.